The molecule has 0 saturated heterocycles. The Morgan fingerprint density at radius 3 is 2.64 bits per heavy atom. The molecule has 0 amide bonds. The van der Waals surface area contributed by atoms with Crippen molar-refractivity contribution in [3.05, 3.63) is 29.3 Å². The van der Waals surface area contributed by atoms with Crippen LogP contribution in [0.1, 0.15) is 18.5 Å². The molecule has 0 aliphatic heterocycles. The van der Waals surface area contributed by atoms with Crippen molar-refractivity contribution < 1.29 is 13.9 Å². The van der Waals surface area contributed by atoms with Crippen molar-refractivity contribution in [1.29, 1.82) is 0 Å². The van der Waals surface area contributed by atoms with Crippen LogP contribution in [0.3, 0.4) is 0 Å². The first-order valence-corrected chi connectivity index (χ1v) is 5.07. The molecule has 1 N–H and O–H groups in total. The lowest BCUT2D eigenvalue weighted by molar-refractivity contribution is -0.0150. The summed E-state index contributed by atoms with van der Waals surface area (Å²) in [5.74, 6) is -2.79. The summed E-state index contributed by atoms with van der Waals surface area (Å²) in [5.41, 5.74) is -0.851. The minimum Gasteiger partial charge on any atom is -0.379 e. The number of nitrogens with zero attached hydrogens (tertiary/aromatic N) is 1. The largest absolute Gasteiger partial charge is 0.379 e. The van der Waals surface area contributed by atoms with E-state index in [1.165, 1.54) is 11.5 Å². The van der Waals surface area contributed by atoms with E-state index in [-0.39, 0.29) is 12.8 Å². The van der Waals surface area contributed by atoms with Crippen molar-refractivity contribution in [2.24, 2.45) is 0 Å². The van der Waals surface area contributed by atoms with Crippen molar-refractivity contribution in [2.45, 2.75) is 24.4 Å². The molecule has 0 fully saturated rings. The first-order chi connectivity index (χ1) is 6.52. The number of aliphatic hydroxyl groups is 1. The Morgan fingerprint density at radius 2 is 2.14 bits per heavy atom. The predicted molar refractivity (Wildman–Crippen MR) is 49.3 cm³/mol. The summed E-state index contributed by atoms with van der Waals surface area (Å²) in [5, 5.41) is 11.7. The molecule has 1 aliphatic carbocycles. The molecule has 14 heavy (non-hydrogen) atoms. The van der Waals surface area contributed by atoms with E-state index in [2.05, 4.69) is 4.37 Å². The van der Waals surface area contributed by atoms with Gasteiger partial charge in [-0.1, -0.05) is 0 Å². The molecular formula is C9H9F2NOS. The number of allylic oxidation sites excluding steroid dienone is 1. The Hall–Kier alpha value is -0.810. The zero-order valence-corrected chi connectivity index (χ0v) is 8.10. The van der Waals surface area contributed by atoms with E-state index >= 15 is 0 Å². The fraction of sp³-hybridized carbons (Fsp3) is 0.444. The smallest absolute Gasteiger partial charge is 0.266 e. The van der Waals surface area contributed by atoms with Crippen molar-refractivity contribution in [3.8, 4) is 0 Å². The second-order valence-electron chi connectivity index (χ2n) is 3.40. The highest BCUT2D eigenvalue weighted by Crippen LogP contribution is 2.38. The summed E-state index contributed by atoms with van der Waals surface area (Å²) >= 11 is 1.20. The summed E-state index contributed by atoms with van der Waals surface area (Å²) in [6.45, 7) is 0. The zero-order chi connectivity index (χ0) is 10.2. The van der Waals surface area contributed by atoms with Gasteiger partial charge in [-0.05, 0) is 36.2 Å². The predicted octanol–water partition coefficient (Wildman–Crippen LogP) is 2.32. The Labute approximate surface area is 84.1 Å². The molecule has 2 nitrogen and oxygen atoms in total. The number of hydrogen-bond acceptors (Lipinski definition) is 3. The minimum atomic E-state index is -2.79. The Bertz CT molecular complexity index is 350. The molecule has 0 spiro atoms. The van der Waals surface area contributed by atoms with Crippen LogP contribution in [0.15, 0.2) is 23.6 Å². The molecule has 0 saturated carbocycles. The normalized spacial score (nSPS) is 30.5. The lowest BCUT2D eigenvalue weighted by atomic mass is 9.87. The highest BCUT2D eigenvalue weighted by atomic mass is 32.1. The van der Waals surface area contributed by atoms with E-state index < -0.39 is 11.5 Å². The zero-order valence-electron chi connectivity index (χ0n) is 7.28. The third kappa shape index (κ3) is 1.69. The summed E-state index contributed by atoms with van der Waals surface area (Å²) in [6, 6.07) is 1.65. The maximum Gasteiger partial charge on any atom is 0.266 e. The standard InChI is InChI=1S/C9H9F2NOS/c10-9(11)4-2-8(13,3-5-9)7-1-6-14-12-7/h1-2,4,6,13H,3,5H2. The van der Waals surface area contributed by atoms with Gasteiger partial charge in [0.1, 0.15) is 5.60 Å². The lowest BCUT2D eigenvalue weighted by Crippen LogP contribution is -2.31. The van der Waals surface area contributed by atoms with Crippen LogP contribution in [-0.4, -0.2) is 15.4 Å². The molecule has 1 atom stereocenters. The molecule has 0 aromatic carbocycles. The summed E-state index contributed by atoms with van der Waals surface area (Å²) in [4.78, 5) is 0. The topological polar surface area (TPSA) is 33.1 Å². The summed E-state index contributed by atoms with van der Waals surface area (Å²) < 4.78 is 29.5. The van der Waals surface area contributed by atoms with Gasteiger partial charge < -0.3 is 5.11 Å². The van der Waals surface area contributed by atoms with Gasteiger partial charge in [0, 0.05) is 11.8 Å². The van der Waals surface area contributed by atoms with E-state index in [1.807, 2.05) is 0 Å². The molecule has 1 heterocycles. The molecule has 2 rings (SSSR count). The molecule has 1 aromatic heterocycles. The van der Waals surface area contributed by atoms with Crippen LogP contribution in [0.4, 0.5) is 8.78 Å². The molecule has 76 valence electrons. The average Bonchev–Trinajstić information content (AvgIpc) is 2.64. The highest BCUT2D eigenvalue weighted by Gasteiger charge is 2.39. The number of rotatable bonds is 1. The summed E-state index contributed by atoms with van der Waals surface area (Å²) in [6.07, 6.45) is 1.58. The molecule has 5 heteroatoms. The van der Waals surface area contributed by atoms with Gasteiger partial charge in [-0.3, -0.25) is 0 Å². The van der Waals surface area contributed by atoms with Crippen LogP contribution < -0.4 is 0 Å². The SMILES string of the molecule is OC1(c2ccsn2)C=CC(F)(F)CC1. The Morgan fingerprint density at radius 1 is 1.36 bits per heavy atom. The number of alkyl halides is 2. The van der Waals surface area contributed by atoms with E-state index in [4.69, 9.17) is 0 Å². The second-order valence-corrected chi connectivity index (χ2v) is 4.07. The lowest BCUT2D eigenvalue weighted by Gasteiger charge is -2.29. The van der Waals surface area contributed by atoms with Crippen LogP contribution >= 0.6 is 11.5 Å². The Balaban J connectivity index is 2.29. The molecule has 0 radical (unpaired) electrons. The molecular weight excluding hydrogens is 208 g/mol. The van der Waals surface area contributed by atoms with E-state index in [0.29, 0.717) is 5.69 Å². The fourth-order valence-electron chi connectivity index (χ4n) is 1.43. The maximum atomic E-state index is 12.8. The summed E-state index contributed by atoms with van der Waals surface area (Å²) in [7, 11) is 0. The van der Waals surface area contributed by atoms with Crippen LogP contribution in [0, 0.1) is 0 Å². The second kappa shape index (κ2) is 3.10. The van der Waals surface area contributed by atoms with Crippen molar-refractivity contribution in [1.82, 2.24) is 4.37 Å². The quantitative estimate of drug-likeness (QED) is 0.732. The van der Waals surface area contributed by atoms with Crippen molar-refractivity contribution in [2.75, 3.05) is 0 Å². The van der Waals surface area contributed by atoms with Gasteiger partial charge in [-0.25, -0.2) is 8.78 Å². The average molecular weight is 217 g/mol. The first-order valence-electron chi connectivity index (χ1n) is 4.23. The van der Waals surface area contributed by atoms with Crippen LogP contribution in [0.5, 0.6) is 0 Å². The van der Waals surface area contributed by atoms with Gasteiger partial charge in [-0.2, -0.15) is 4.37 Å². The molecule has 1 unspecified atom stereocenters. The Kier molecular flexibility index (Phi) is 2.16. The van der Waals surface area contributed by atoms with E-state index in [9.17, 15) is 13.9 Å². The highest BCUT2D eigenvalue weighted by molar-refractivity contribution is 7.03. The van der Waals surface area contributed by atoms with E-state index in [1.54, 1.807) is 11.4 Å². The van der Waals surface area contributed by atoms with Crippen LogP contribution in [-0.2, 0) is 5.60 Å². The van der Waals surface area contributed by atoms with Gasteiger partial charge in [0.25, 0.3) is 5.92 Å². The third-order valence-electron chi connectivity index (χ3n) is 2.32. The molecule has 1 aromatic rings. The maximum absolute atomic E-state index is 12.8. The number of hydrogen-bond donors (Lipinski definition) is 1. The monoisotopic (exact) mass is 217 g/mol. The van der Waals surface area contributed by atoms with Gasteiger partial charge in [0.15, 0.2) is 0 Å². The van der Waals surface area contributed by atoms with Crippen LogP contribution in [0.25, 0.3) is 0 Å². The van der Waals surface area contributed by atoms with Gasteiger partial charge in [-0.15, -0.1) is 0 Å². The molecule has 1 aliphatic rings. The van der Waals surface area contributed by atoms with Crippen LogP contribution in [0.2, 0.25) is 0 Å². The van der Waals surface area contributed by atoms with Crippen molar-refractivity contribution >= 4 is 11.5 Å². The molecule has 0 bridgehead atoms. The number of halogens is 2. The van der Waals surface area contributed by atoms with Gasteiger partial charge >= 0.3 is 0 Å². The minimum absolute atomic E-state index is 0.0141. The van der Waals surface area contributed by atoms with Gasteiger partial charge in [0.05, 0.1) is 5.69 Å². The van der Waals surface area contributed by atoms with Gasteiger partial charge in [0.2, 0.25) is 0 Å². The van der Waals surface area contributed by atoms with E-state index in [0.717, 1.165) is 12.2 Å². The fourth-order valence-corrected chi connectivity index (χ4v) is 2.02. The first kappa shape index (κ1) is 9.73. The van der Waals surface area contributed by atoms with Crippen molar-refractivity contribution in [3.63, 3.8) is 0 Å². The third-order valence-corrected chi connectivity index (χ3v) is 2.88. The number of aromatic nitrogens is 1.